The lowest BCUT2D eigenvalue weighted by molar-refractivity contribution is -0.120. The highest BCUT2D eigenvalue weighted by atomic mass is 16.6. The number of ketones is 2. The third kappa shape index (κ3) is 11.1. The molecule has 6 atom stereocenters. The van der Waals surface area contributed by atoms with E-state index in [0.717, 1.165) is 38.6 Å². The van der Waals surface area contributed by atoms with E-state index in [0.29, 0.717) is 18.5 Å². The molecule has 2 heterocycles. The third-order valence-electron chi connectivity index (χ3n) is 8.94. The predicted molar refractivity (Wildman–Crippen MR) is 182 cm³/mol. The maximum absolute atomic E-state index is 13.9. The molecule has 270 valence electrons. The van der Waals surface area contributed by atoms with Gasteiger partial charge in [-0.15, -0.1) is 0 Å². The molecular formula is C35H51N5O9. The fourth-order valence-corrected chi connectivity index (χ4v) is 6.43. The molecule has 6 N–H and O–H groups in total. The van der Waals surface area contributed by atoms with Crippen LogP contribution in [0.3, 0.4) is 0 Å². The van der Waals surface area contributed by atoms with Crippen LogP contribution >= 0.6 is 0 Å². The summed E-state index contributed by atoms with van der Waals surface area (Å²) in [5.74, 6) is -2.24. The molecule has 0 aromatic carbocycles. The molecule has 0 saturated carbocycles. The van der Waals surface area contributed by atoms with E-state index in [2.05, 4.69) is 15.5 Å². The summed E-state index contributed by atoms with van der Waals surface area (Å²) in [6, 6.07) is 0. The number of hydrogen-bond acceptors (Lipinski definition) is 11. The van der Waals surface area contributed by atoms with Crippen LogP contribution in [0.15, 0.2) is 58.5 Å². The van der Waals surface area contributed by atoms with Crippen LogP contribution in [0, 0.1) is 11.8 Å². The highest BCUT2D eigenvalue weighted by Crippen LogP contribution is 2.30. The summed E-state index contributed by atoms with van der Waals surface area (Å²) in [4.78, 5) is 66.9. The summed E-state index contributed by atoms with van der Waals surface area (Å²) in [7, 11) is 2.89. The Kier molecular flexibility index (Phi) is 14.8. The number of allylic oxidation sites excluding steroid dienone is 4. The molecule has 0 aromatic heterocycles. The molecular weight excluding hydrogens is 634 g/mol. The maximum Gasteiger partial charge on any atom is 0.405 e. The van der Waals surface area contributed by atoms with Gasteiger partial charge in [-0.2, -0.15) is 0 Å². The van der Waals surface area contributed by atoms with Gasteiger partial charge in [-0.3, -0.25) is 14.4 Å². The van der Waals surface area contributed by atoms with Gasteiger partial charge in [-0.25, -0.2) is 9.59 Å². The molecule has 0 aromatic rings. The summed E-state index contributed by atoms with van der Waals surface area (Å²) in [5, 5.41) is 5.81. The molecule has 1 aliphatic carbocycles. The Bertz CT molecular complexity index is 1410. The Labute approximate surface area is 287 Å². The van der Waals surface area contributed by atoms with Crippen molar-refractivity contribution < 1.29 is 42.9 Å². The maximum atomic E-state index is 13.9. The van der Waals surface area contributed by atoms with Gasteiger partial charge < -0.3 is 45.9 Å². The van der Waals surface area contributed by atoms with Gasteiger partial charge in [0.05, 0.1) is 17.5 Å². The number of carbonyl (C=O) groups excluding carboxylic acids is 5. The lowest BCUT2D eigenvalue weighted by Gasteiger charge is -2.32. The van der Waals surface area contributed by atoms with Gasteiger partial charge in [0, 0.05) is 50.4 Å². The summed E-state index contributed by atoms with van der Waals surface area (Å²) in [6.45, 7) is 10.1. The van der Waals surface area contributed by atoms with Crippen molar-refractivity contribution in [1.29, 1.82) is 0 Å². The van der Waals surface area contributed by atoms with E-state index in [1.165, 1.54) is 20.3 Å². The number of fused-ring (bicyclic) bond motifs is 2. The molecule has 49 heavy (non-hydrogen) atoms. The first-order valence-corrected chi connectivity index (χ1v) is 16.6. The minimum atomic E-state index is -1.03. The van der Waals surface area contributed by atoms with Gasteiger partial charge in [-0.1, -0.05) is 38.2 Å². The fraction of sp³-hybridized carbons (Fsp3) is 0.571. The first-order chi connectivity index (χ1) is 23.2. The van der Waals surface area contributed by atoms with Crippen LogP contribution in [-0.2, 0) is 33.3 Å². The number of rotatable bonds is 8. The van der Waals surface area contributed by atoms with Gasteiger partial charge in [0.15, 0.2) is 6.10 Å². The lowest BCUT2D eigenvalue weighted by atomic mass is 9.85. The SMILES string of the molecule is CO[C@H]1/C=C\C=C(/C)C(=O)NC2=CC(=O)C(NCCN3CCCC3)=C(C[C@@H](C)C[C@H](OC)[C@H](OC(N)=O)[C@@H](C)/C=C(\C)[C@@H]1OC(N)=O)C2=O. The number of methoxy groups -OCH3 is 2. The Morgan fingerprint density at radius 3 is 2.31 bits per heavy atom. The number of hydrogen-bond donors (Lipinski definition) is 4. The second kappa shape index (κ2) is 18.5. The molecule has 1 fully saturated rings. The third-order valence-corrected chi connectivity index (χ3v) is 8.94. The minimum Gasteiger partial charge on any atom is -0.443 e. The van der Waals surface area contributed by atoms with E-state index in [1.54, 1.807) is 39.0 Å². The largest absolute Gasteiger partial charge is 0.443 e. The zero-order valence-electron chi connectivity index (χ0n) is 29.3. The Balaban J connectivity index is 2.08. The van der Waals surface area contributed by atoms with E-state index in [-0.39, 0.29) is 34.9 Å². The van der Waals surface area contributed by atoms with Crippen LogP contribution in [0.5, 0.6) is 0 Å². The summed E-state index contributed by atoms with van der Waals surface area (Å²) >= 11 is 0. The number of likely N-dealkylation sites (tertiary alicyclic amines) is 1. The van der Waals surface area contributed by atoms with Crippen molar-refractivity contribution in [3.8, 4) is 0 Å². The molecule has 14 heteroatoms. The molecule has 1 saturated heterocycles. The summed E-state index contributed by atoms with van der Waals surface area (Å²) in [5.41, 5.74) is 12.0. The molecule has 0 unspecified atom stereocenters. The normalized spacial score (nSPS) is 30.7. The molecule has 3 rings (SSSR count). The topological polar surface area (TPSA) is 202 Å². The number of nitrogens with two attached hydrogens (primary N) is 2. The predicted octanol–water partition coefficient (Wildman–Crippen LogP) is 2.55. The number of primary amides is 2. The smallest absolute Gasteiger partial charge is 0.405 e. The van der Waals surface area contributed by atoms with Gasteiger partial charge >= 0.3 is 12.2 Å². The lowest BCUT2D eigenvalue weighted by Crippen LogP contribution is -2.41. The summed E-state index contributed by atoms with van der Waals surface area (Å²) in [6.07, 6.45) is 4.82. The molecule has 14 nitrogen and oxygen atoms in total. The average Bonchev–Trinajstić information content (AvgIpc) is 3.56. The van der Waals surface area contributed by atoms with Gasteiger partial charge in [-0.05, 0) is 64.1 Å². The van der Waals surface area contributed by atoms with Crippen LogP contribution in [0.1, 0.15) is 53.4 Å². The first kappa shape index (κ1) is 39.2. The van der Waals surface area contributed by atoms with E-state index in [1.807, 2.05) is 6.92 Å². The van der Waals surface area contributed by atoms with Crippen molar-refractivity contribution >= 4 is 29.7 Å². The number of nitrogens with one attached hydrogen (secondary N) is 2. The van der Waals surface area contributed by atoms with Crippen molar-refractivity contribution in [3.05, 3.63) is 58.5 Å². The second-order valence-electron chi connectivity index (χ2n) is 12.8. The van der Waals surface area contributed by atoms with Crippen LogP contribution < -0.4 is 22.1 Å². The molecule has 2 bridgehead atoms. The first-order valence-electron chi connectivity index (χ1n) is 16.6. The van der Waals surface area contributed by atoms with Gasteiger partial charge in [0.1, 0.15) is 12.2 Å². The van der Waals surface area contributed by atoms with E-state index in [4.69, 9.17) is 30.4 Å². The quantitative estimate of drug-likeness (QED) is 0.216. The number of nitrogens with zero attached hydrogens (tertiary/aromatic N) is 1. The Hall–Kier alpha value is -4.27. The van der Waals surface area contributed by atoms with Crippen molar-refractivity contribution in [3.63, 3.8) is 0 Å². The highest BCUT2D eigenvalue weighted by Gasteiger charge is 2.35. The highest BCUT2D eigenvalue weighted by molar-refractivity contribution is 6.23. The zero-order valence-corrected chi connectivity index (χ0v) is 29.3. The molecule has 0 spiro atoms. The fourth-order valence-electron chi connectivity index (χ4n) is 6.43. The van der Waals surface area contributed by atoms with Crippen LogP contribution in [0.2, 0.25) is 0 Å². The van der Waals surface area contributed by atoms with Crippen LogP contribution in [0.25, 0.3) is 0 Å². The molecule has 0 radical (unpaired) electrons. The Morgan fingerprint density at radius 1 is 1.02 bits per heavy atom. The Morgan fingerprint density at radius 2 is 1.69 bits per heavy atom. The van der Waals surface area contributed by atoms with E-state index >= 15 is 0 Å². The molecule has 3 amide bonds. The molecule has 2 aliphatic heterocycles. The van der Waals surface area contributed by atoms with Crippen molar-refractivity contribution in [2.24, 2.45) is 23.3 Å². The van der Waals surface area contributed by atoms with Crippen LogP contribution in [0.4, 0.5) is 9.59 Å². The number of ether oxygens (including phenoxy) is 4. The summed E-state index contributed by atoms with van der Waals surface area (Å²) < 4.78 is 22.4. The van der Waals surface area contributed by atoms with E-state index < -0.39 is 60.0 Å². The monoisotopic (exact) mass is 685 g/mol. The zero-order chi connectivity index (χ0) is 36.2. The minimum absolute atomic E-state index is 0.131. The van der Waals surface area contributed by atoms with E-state index in [9.17, 15) is 24.0 Å². The number of carbonyl (C=O) groups is 5. The second-order valence-corrected chi connectivity index (χ2v) is 12.8. The standard InChI is InChI=1S/C35H51N5O9/c1-20-16-24-29(38-12-15-40-13-7-8-14-40)26(41)19-25(30(24)42)39-33(43)21(2)10-9-11-27(46-5)31(48-34(36)44)22(3)18-23(4)32(49-35(37)45)28(17-20)47-6/h9-11,18-20,23,27-28,31-32,38H,7-8,12-17H2,1-6H3,(H2,36,44)(H2,37,45)(H,39,43)/b11-9-,21-10+,22-18+/t20-,23+,27+,28+,31+,32-/m1/s1. The van der Waals surface area contributed by atoms with Gasteiger partial charge in [0.25, 0.3) is 5.91 Å². The molecule has 3 aliphatic rings. The van der Waals surface area contributed by atoms with Crippen LogP contribution in [-0.4, -0.2) is 99.4 Å². The number of Topliss-reactive ketones (excluding diaryl/α,β-unsaturated/α-hetero) is 1. The van der Waals surface area contributed by atoms with Crippen molar-refractivity contribution in [2.45, 2.75) is 77.8 Å². The van der Waals surface area contributed by atoms with Crippen molar-refractivity contribution in [2.75, 3.05) is 40.4 Å². The number of amides is 3. The van der Waals surface area contributed by atoms with Crippen molar-refractivity contribution in [1.82, 2.24) is 15.5 Å². The van der Waals surface area contributed by atoms with Gasteiger partial charge in [0.2, 0.25) is 11.6 Å². The average molecular weight is 686 g/mol.